The van der Waals surface area contributed by atoms with Crippen LogP contribution in [-0.4, -0.2) is 22.0 Å². The molecule has 1 heterocycles. The van der Waals surface area contributed by atoms with Gasteiger partial charge >= 0.3 is 0 Å². The summed E-state index contributed by atoms with van der Waals surface area (Å²) in [6, 6.07) is 0. The van der Waals surface area contributed by atoms with Gasteiger partial charge in [0.1, 0.15) is 6.10 Å². The molecule has 1 N–H and O–H groups in total. The summed E-state index contributed by atoms with van der Waals surface area (Å²) in [5, 5.41) is 9.23. The molecule has 1 saturated carbocycles. The Balaban J connectivity index is 2.08. The number of rotatable bonds is 1. The van der Waals surface area contributed by atoms with Gasteiger partial charge < -0.3 is 5.11 Å². The van der Waals surface area contributed by atoms with Crippen molar-refractivity contribution in [1.82, 2.24) is 4.98 Å². The molecule has 2 unspecified atom stereocenters. The highest BCUT2D eigenvalue weighted by molar-refractivity contribution is 7.09. The highest BCUT2D eigenvalue weighted by atomic mass is 32.1. The van der Waals surface area contributed by atoms with E-state index in [-0.39, 0.29) is 5.78 Å². The smallest absolute Gasteiger partial charge is 0.161 e. The van der Waals surface area contributed by atoms with Gasteiger partial charge in [-0.2, -0.15) is 0 Å². The van der Waals surface area contributed by atoms with Crippen LogP contribution in [0.1, 0.15) is 30.1 Å². The highest BCUT2D eigenvalue weighted by Gasteiger charge is 2.28. The van der Waals surface area contributed by atoms with Crippen LogP contribution in [0.2, 0.25) is 0 Å². The minimum atomic E-state index is -0.718. The van der Waals surface area contributed by atoms with Gasteiger partial charge in [0.2, 0.25) is 0 Å². The Morgan fingerprint density at radius 2 is 2.38 bits per heavy atom. The van der Waals surface area contributed by atoms with Crippen LogP contribution >= 0.6 is 11.3 Å². The molecule has 0 bridgehead atoms. The second kappa shape index (κ2) is 3.55. The molecule has 0 aromatic carbocycles. The van der Waals surface area contributed by atoms with Crippen LogP contribution in [0.15, 0.2) is 11.7 Å². The quantitative estimate of drug-likeness (QED) is 0.739. The molecule has 2 rings (SSSR count). The molecule has 1 aliphatic carbocycles. The Morgan fingerprint density at radius 3 is 3.00 bits per heavy atom. The Kier molecular flexibility index (Phi) is 2.42. The molecule has 4 heteroatoms. The van der Waals surface area contributed by atoms with Crippen molar-refractivity contribution in [2.75, 3.05) is 0 Å². The first-order chi connectivity index (χ1) is 6.27. The Labute approximate surface area is 80.4 Å². The number of carbonyl (C=O) groups excluding carboxylic acids is 1. The maximum absolute atomic E-state index is 11.2. The van der Waals surface area contributed by atoms with Gasteiger partial charge in [0.25, 0.3) is 0 Å². The van der Waals surface area contributed by atoms with Crippen LogP contribution in [0, 0.1) is 0 Å². The van der Waals surface area contributed by atoms with Crippen molar-refractivity contribution in [3.8, 4) is 0 Å². The molecule has 13 heavy (non-hydrogen) atoms. The number of hydrogen-bond donors (Lipinski definition) is 1. The lowest BCUT2D eigenvalue weighted by Crippen LogP contribution is -2.27. The molecule has 0 aliphatic heterocycles. The fourth-order valence-corrected chi connectivity index (χ4v) is 2.43. The second-order valence-electron chi connectivity index (χ2n) is 3.36. The van der Waals surface area contributed by atoms with E-state index in [0.717, 1.165) is 6.42 Å². The lowest BCUT2D eigenvalue weighted by molar-refractivity contribution is -0.129. The number of aliphatic hydroxyl groups is 1. The highest BCUT2D eigenvalue weighted by Crippen LogP contribution is 2.32. The molecule has 1 aromatic heterocycles. The third-order valence-electron chi connectivity index (χ3n) is 2.46. The Bertz CT molecular complexity index is 297. The first-order valence-corrected chi connectivity index (χ1v) is 5.24. The lowest BCUT2D eigenvalue weighted by Gasteiger charge is -2.22. The molecule has 2 atom stereocenters. The van der Waals surface area contributed by atoms with Crippen molar-refractivity contribution >= 4 is 17.1 Å². The van der Waals surface area contributed by atoms with E-state index in [0.29, 0.717) is 18.8 Å². The Hall–Kier alpha value is -0.740. The van der Waals surface area contributed by atoms with E-state index in [1.54, 1.807) is 16.8 Å². The summed E-state index contributed by atoms with van der Waals surface area (Å²) >= 11 is 1.59. The zero-order valence-electron chi connectivity index (χ0n) is 7.14. The molecule has 0 spiro atoms. The summed E-state index contributed by atoms with van der Waals surface area (Å²) in [6.07, 6.45) is 3.07. The summed E-state index contributed by atoms with van der Waals surface area (Å²) < 4.78 is 0. The van der Waals surface area contributed by atoms with Gasteiger partial charge in [0, 0.05) is 23.4 Å². The number of hydrogen-bond acceptors (Lipinski definition) is 4. The lowest BCUT2D eigenvalue weighted by atomic mass is 9.86. The van der Waals surface area contributed by atoms with E-state index < -0.39 is 6.10 Å². The summed E-state index contributed by atoms with van der Waals surface area (Å²) in [6.45, 7) is 0. The molecule has 3 nitrogen and oxygen atoms in total. The fraction of sp³-hybridized carbons (Fsp3) is 0.556. The third-order valence-corrected chi connectivity index (χ3v) is 3.40. The standard InChI is InChI=1S/C9H11NO2S/c11-7-2-1-6(3-8(7)12)9-4-10-5-13-9/h4-7,11H,1-3H2. The topological polar surface area (TPSA) is 50.2 Å². The molecular weight excluding hydrogens is 186 g/mol. The van der Waals surface area contributed by atoms with Crippen molar-refractivity contribution in [3.05, 3.63) is 16.6 Å². The maximum atomic E-state index is 11.2. The number of Topliss-reactive ketones (excluding diaryl/α,β-unsaturated/α-hetero) is 1. The van der Waals surface area contributed by atoms with E-state index in [2.05, 4.69) is 4.98 Å². The van der Waals surface area contributed by atoms with Gasteiger partial charge in [0.05, 0.1) is 5.51 Å². The van der Waals surface area contributed by atoms with E-state index in [4.69, 9.17) is 0 Å². The second-order valence-corrected chi connectivity index (χ2v) is 4.28. The SMILES string of the molecule is O=C1CC(c2cncs2)CCC1O. The normalized spacial score (nSPS) is 29.2. The van der Waals surface area contributed by atoms with Crippen molar-refractivity contribution in [2.45, 2.75) is 31.3 Å². The minimum absolute atomic E-state index is 0.0235. The van der Waals surface area contributed by atoms with Crippen LogP contribution in [-0.2, 0) is 4.79 Å². The number of nitrogens with zero attached hydrogens (tertiary/aromatic N) is 1. The van der Waals surface area contributed by atoms with Crippen molar-refractivity contribution in [3.63, 3.8) is 0 Å². The van der Waals surface area contributed by atoms with Gasteiger partial charge in [-0.05, 0) is 12.8 Å². The number of ketones is 1. The van der Waals surface area contributed by atoms with E-state index >= 15 is 0 Å². The number of aromatic nitrogens is 1. The van der Waals surface area contributed by atoms with Gasteiger partial charge in [-0.15, -0.1) is 11.3 Å². The van der Waals surface area contributed by atoms with Crippen LogP contribution in [0.3, 0.4) is 0 Å². The van der Waals surface area contributed by atoms with Crippen LogP contribution < -0.4 is 0 Å². The first kappa shape index (κ1) is 8.84. The molecule has 1 aliphatic rings. The third kappa shape index (κ3) is 1.78. The first-order valence-electron chi connectivity index (χ1n) is 4.36. The fourth-order valence-electron chi connectivity index (χ4n) is 1.67. The zero-order valence-corrected chi connectivity index (χ0v) is 7.96. The molecule has 1 fully saturated rings. The predicted molar refractivity (Wildman–Crippen MR) is 49.7 cm³/mol. The van der Waals surface area contributed by atoms with Crippen molar-refractivity contribution in [2.24, 2.45) is 0 Å². The van der Waals surface area contributed by atoms with Crippen LogP contribution in [0.25, 0.3) is 0 Å². The summed E-state index contributed by atoms with van der Waals surface area (Å²) in [4.78, 5) is 16.4. The molecule has 1 aromatic rings. The van der Waals surface area contributed by atoms with Gasteiger partial charge in [-0.3, -0.25) is 9.78 Å². The Morgan fingerprint density at radius 1 is 1.54 bits per heavy atom. The van der Waals surface area contributed by atoms with E-state index in [9.17, 15) is 9.90 Å². The van der Waals surface area contributed by atoms with Crippen LogP contribution in [0.4, 0.5) is 0 Å². The summed E-state index contributed by atoms with van der Waals surface area (Å²) in [5.74, 6) is 0.271. The predicted octanol–water partition coefficient (Wildman–Crippen LogP) is 1.34. The largest absolute Gasteiger partial charge is 0.385 e. The zero-order chi connectivity index (χ0) is 9.26. The molecule has 0 amide bonds. The number of carbonyl (C=O) groups is 1. The number of aliphatic hydroxyl groups excluding tert-OH is 1. The molecule has 0 radical (unpaired) electrons. The van der Waals surface area contributed by atoms with Crippen LogP contribution in [0.5, 0.6) is 0 Å². The monoisotopic (exact) mass is 197 g/mol. The van der Waals surface area contributed by atoms with Gasteiger partial charge in [-0.25, -0.2) is 0 Å². The number of thiazole rings is 1. The van der Waals surface area contributed by atoms with Gasteiger partial charge in [0.15, 0.2) is 5.78 Å². The average molecular weight is 197 g/mol. The van der Waals surface area contributed by atoms with E-state index in [1.165, 1.54) is 4.88 Å². The summed E-state index contributed by atoms with van der Waals surface area (Å²) in [7, 11) is 0. The molecule has 70 valence electrons. The maximum Gasteiger partial charge on any atom is 0.161 e. The van der Waals surface area contributed by atoms with Gasteiger partial charge in [-0.1, -0.05) is 0 Å². The minimum Gasteiger partial charge on any atom is -0.385 e. The molecular formula is C9H11NO2S. The molecule has 0 saturated heterocycles. The van der Waals surface area contributed by atoms with Crippen molar-refractivity contribution < 1.29 is 9.90 Å². The summed E-state index contributed by atoms with van der Waals surface area (Å²) in [5.41, 5.74) is 1.78. The van der Waals surface area contributed by atoms with Crippen molar-refractivity contribution in [1.29, 1.82) is 0 Å². The van der Waals surface area contributed by atoms with E-state index in [1.807, 2.05) is 6.20 Å². The average Bonchev–Trinajstić information content (AvgIpc) is 2.62.